The van der Waals surface area contributed by atoms with Crippen LogP contribution in [0, 0.1) is 0 Å². The summed E-state index contributed by atoms with van der Waals surface area (Å²) >= 11 is 0. The second kappa shape index (κ2) is 8.80. The highest BCUT2D eigenvalue weighted by molar-refractivity contribution is 5.85. The van der Waals surface area contributed by atoms with E-state index < -0.39 is 5.97 Å². The number of hydrogen-bond donors (Lipinski definition) is 2. The summed E-state index contributed by atoms with van der Waals surface area (Å²) in [6.07, 6.45) is 4.95. The number of aliphatic carboxylic acids is 1. The molecule has 0 aliphatic rings. The Balaban J connectivity index is 1.68. The summed E-state index contributed by atoms with van der Waals surface area (Å²) in [6, 6.07) is 18.4. The minimum Gasteiger partial charge on any atom is -0.478 e. The lowest BCUT2D eigenvalue weighted by Crippen LogP contribution is -2.15. The molecule has 3 heteroatoms. The normalized spacial score (nSPS) is 10.9. The second-order valence-corrected chi connectivity index (χ2v) is 5.18. The first kappa shape index (κ1) is 16.0. The largest absolute Gasteiger partial charge is 0.478 e. The maximum Gasteiger partial charge on any atom is 0.328 e. The quantitative estimate of drug-likeness (QED) is 0.579. The van der Waals surface area contributed by atoms with Gasteiger partial charge in [0.25, 0.3) is 0 Å². The molecule has 0 aliphatic carbocycles. The van der Waals surface area contributed by atoms with Gasteiger partial charge in [-0.05, 0) is 42.2 Å². The lowest BCUT2D eigenvalue weighted by atomic mass is 10.1. The highest BCUT2D eigenvalue weighted by Gasteiger charge is 1.95. The van der Waals surface area contributed by atoms with Crippen molar-refractivity contribution < 1.29 is 9.90 Å². The molecule has 2 aromatic rings. The van der Waals surface area contributed by atoms with Crippen molar-refractivity contribution in [3.63, 3.8) is 0 Å². The van der Waals surface area contributed by atoms with Crippen LogP contribution in [-0.2, 0) is 17.8 Å². The second-order valence-electron chi connectivity index (χ2n) is 5.18. The molecule has 0 atom stereocenters. The van der Waals surface area contributed by atoms with E-state index in [2.05, 4.69) is 29.6 Å². The molecule has 2 N–H and O–H groups in total. The van der Waals surface area contributed by atoms with E-state index in [1.165, 1.54) is 11.1 Å². The zero-order valence-electron chi connectivity index (χ0n) is 12.5. The number of aryl methyl sites for hydroxylation is 1. The van der Waals surface area contributed by atoms with Gasteiger partial charge in [-0.25, -0.2) is 4.79 Å². The summed E-state index contributed by atoms with van der Waals surface area (Å²) in [7, 11) is 0. The Bertz CT molecular complexity index is 603. The van der Waals surface area contributed by atoms with Gasteiger partial charge in [-0.2, -0.15) is 0 Å². The van der Waals surface area contributed by atoms with Crippen LogP contribution in [0.4, 0.5) is 0 Å². The number of nitrogens with one attached hydrogen (secondary N) is 1. The van der Waals surface area contributed by atoms with Crippen LogP contribution in [0.1, 0.15) is 23.1 Å². The molecule has 0 saturated heterocycles. The van der Waals surface area contributed by atoms with Crippen molar-refractivity contribution in [2.75, 3.05) is 6.54 Å². The zero-order chi connectivity index (χ0) is 15.6. The van der Waals surface area contributed by atoms with Gasteiger partial charge < -0.3 is 10.4 Å². The molecule has 0 aliphatic heterocycles. The molecule has 0 bridgehead atoms. The van der Waals surface area contributed by atoms with Gasteiger partial charge in [-0.15, -0.1) is 0 Å². The van der Waals surface area contributed by atoms with Crippen molar-refractivity contribution in [2.24, 2.45) is 0 Å². The van der Waals surface area contributed by atoms with Crippen LogP contribution in [0.15, 0.2) is 60.7 Å². The highest BCUT2D eigenvalue weighted by Crippen LogP contribution is 2.06. The molecule has 0 heterocycles. The van der Waals surface area contributed by atoms with Gasteiger partial charge in [0.15, 0.2) is 0 Å². The average Bonchev–Trinajstić information content (AvgIpc) is 2.54. The summed E-state index contributed by atoms with van der Waals surface area (Å²) in [5.74, 6) is -0.927. The molecule has 2 rings (SSSR count). The van der Waals surface area contributed by atoms with Gasteiger partial charge in [0.2, 0.25) is 0 Å². The Morgan fingerprint density at radius 1 is 1.00 bits per heavy atom. The van der Waals surface area contributed by atoms with Crippen LogP contribution >= 0.6 is 0 Å². The topological polar surface area (TPSA) is 49.3 Å². The van der Waals surface area contributed by atoms with E-state index in [9.17, 15) is 4.79 Å². The lowest BCUT2D eigenvalue weighted by molar-refractivity contribution is -0.131. The van der Waals surface area contributed by atoms with Crippen LogP contribution in [0.25, 0.3) is 6.08 Å². The number of benzene rings is 2. The van der Waals surface area contributed by atoms with Gasteiger partial charge >= 0.3 is 5.97 Å². The number of carbonyl (C=O) groups is 1. The molecular weight excluding hydrogens is 274 g/mol. The van der Waals surface area contributed by atoms with Crippen LogP contribution in [0.3, 0.4) is 0 Å². The number of carboxylic acids is 1. The highest BCUT2D eigenvalue weighted by atomic mass is 16.4. The lowest BCUT2D eigenvalue weighted by Gasteiger charge is -2.05. The molecule has 0 spiro atoms. The molecule has 2 aromatic carbocycles. The van der Waals surface area contributed by atoms with Crippen molar-refractivity contribution in [1.29, 1.82) is 0 Å². The van der Waals surface area contributed by atoms with Crippen LogP contribution in [0.2, 0.25) is 0 Å². The Kier molecular flexibility index (Phi) is 6.39. The first-order chi connectivity index (χ1) is 10.7. The molecule has 3 nitrogen and oxygen atoms in total. The Labute approximate surface area is 131 Å². The molecule has 0 amide bonds. The first-order valence-electron chi connectivity index (χ1n) is 7.48. The summed E-state index contributed by atoms with van der Waals surface area (Å²) in [4.78, 5) is 10.4. The fraction of sp³-hybridized carbons (Fsp3) is 0.211. The standard InChI is InChI=1S/C19H21NO2/c21-19(22)13-12-17-8-10-18(11-9-17)15-20-14-4-7-16-5-2-1-3-6-16/h1-3,5-6,8-13,20H,4,7,14-15H2,(H,21,22). The number of hydrogen-bond acceptors (Lipinski definition) is 2. The van der Waals surface area contributed by atoms with E-state index in [0.717, 1.165) is 37.6 Å². The third kappa shape index (κ3) is 5.94. The van der Waals surface area contributed by atoms with Crippen molar-refractivity contribution in [3.8, 4) is 0 Å². The van der Waals surface area contributed by atoms with Gasteiger partial charge in [-0.3, -0.25) is 0 Å². The molecular formula is C19H21NO2. The molecule has 114 valence electrons. The molecule has 0 saturated carbocycles. The van der Waals surface area contributed by atoms with Gasteiger partial charge in [0.1, 0.15) is 0 Å². The van der Waals surface area contributed by atoms with E-state index in [0.29, 0.717) is 0 Å². The summed E-state index contributed by atoms with van der Waals surface area (Å²) < 4.78 is 0. The Morgan fingerprint density at radius 2 is 1.73 bits per heavy atom. The predicted molar refractivity (Wildman–Crippen MR) is 89.6 cm³/mol. The first-order valence-corrected chi connectivity index (χ1v) is 7.48. The maximum absolute atomic E-state index is 10.4. The van der Waals surface area contributed by atoms with E-state index in [1.54, 1.807) is 6.08 Å². The van der Waals surface area contributed by atoms with Gasteiger partial charge in [-0.1, -0.05) is 54.6 Å². The van der Waals surface area contributed by atoms with Crippen LogP contribution in [0.5, 0.6) is 0 Å². The molecule has 0 radical (unpaired) electrons. The third-order valence-electron chi connectivity index (χ3n) is 3.39. The summed E-state index contributed by atoms with van der Waals surface area (Å²) in [6.45, 7) is 1.81. The molecule has 0 fully saturated rings. The summed E-state index contributed by atoms with van der Waals surface area (Å²) in [5, 5.41) is 12.0. The van der Waals surface area contributed by atoms with E-state index in [4.69, 9.17) is 5.11 Å². The predicted octanol–water partition coefficient (Wildman–Crippen LogP) is 3.51. The van der Waals surface area contributed by atoms with E-state index >= 15 is 0 Å². The smallest absolute Gasteiger partial charge is 0.328 e. The van der Waals surface area contributed by atoms with Crippen molar-refractivity contribution in [1.82, 2.24) is 5.32 Å². The van der Waals surface area contributed by atoms with E-state index in [-0.39, 0.29) is 0 Å². The number of rotatable bonds is 8. The van der Waals surface area contributed by atoms with Crippen molar-refractivity contribution in [2.45, 2.75) is 19.4 Å². The number of carboxylic acid groups (broad SMARTS) is 1. The molecule has 0 aromatic heterocycles. The summed E-state index contributed by atoms with van der Waals surface area (Å²) in [5.41, 5.74) is 3.47. The van der Waals surface area contributed by atoms with Crippen LogP contribution in [-0.4, -0.2) is 17.6 Å². The zero-order valence-corrected chi connectivity index (χ0v) is 12.5. The average molecular weight is 295 g/mol. The minimum atomic E-state index is -0.927. The van der Waals surface area contributed by atoms with Gasteiger partial charge in [0.05, 0.1) is 0 Å². The maximum atomic E-state index is 10.4. The van der Waals surface area contributed by atoms with Gasteiger partial charge in [0, 0.05) is 12.6 Å². The van der Waals surface area contributed by atoms with Crippen LogP contribution < -0.4 is 5.32 Å². The SMILES string of the molecule is O=C(O)C=Cc1ccc(CNCCCc2ccccc2)cc1. The fourth-order valence-electron chi connectivity index (χ4n) is 2.21. The third-order valence-corrected chi connectivity index (χ3v) is 3.39. The Morgan fingerprint density at radius 3 is 2.41 bits per heavy atom. The Hall–Kier alpha value is -2.39. The monoisotopic (exact) mass is 295 g/mol. The molecule has 22 heavy (non-hydrogen) atoms. The van der Waals surface area contributed by atoms with Crippen molar-refractivity contribution >= 4 is 12.0 Å². The van der Waals surface area contributed by atoms with Crippen molar-refractivity contribution in [3.05, 3.63) is 77.4 Å². The fourth-order valence-corrected chi connectivity index (χ4v) is 2.21. The molecule has 0 unspecified atom stereocenters. The minimum absolute atomic E-state index is 0.831. The van der Waals surface area contributed by atoms with E-state index in [1.807, 2.05) is 30.3 Å².